The van der Waals surface area contributed by atoms with E-state index in [1.54, 1.807) is 6.07 Å². The first-order chi connectivity index (χ1) is 13.0. The Kier molecular flexibility index (Phi) is 6.74. The van der Waals surface area contributed by atoms with E-state index in [2.05, 4.69) is 0 Å². The Morgan fingerprint density at radius 1 is 1.19 bits per heavy atom. The van der Waals surface area contributed by atoms with Crippen molar-refractivity contribution in [3.05, 3.63) is 29.1 Å². The first-order valence-corrected chi connectivity index (χ1v) is 10.2. The van der Waals surface area contributed by atoms with Gasteiger partial charge < -0.3 is 14.2 Å². The molecule has 0 amide bonds. The Morgan fingerprint density at radius 2 is 1.93 bits per heavy atom. The zero-order valence-electron chi connectivity index (χ0n) is 16.6. The van der Waals surface area contributed by atoms with Crippen molar-refractivity contribution >= 4 is 5.97 Å². The lowest BCUT2D eigenvalue weighted by molar-refractivity contribution is -0.161. The molecule has 27 heavy (non-hydrogen) atoms. The highest BCUT2D eigenvalue weighted by atomic mass is 19.1. The van der Waals surface area contributed by atoms with E-state index >= 15 is 0 Å². The predicted octanol–water partition coefficient (Wildman–Crippen LogP) is 4.92. The second kappa shape index (κ2) is 9.05. The van der Waals surface area contributed by atoms with Gasteiger partial charge in [0, 0.05) is 0 Å². The maximum atomic E-state index is 14.5. The first kappa shape index (κ1) is 20.1. The zero-order chi connectivity index (χ0) is 19.4. The molecule has 1 saturated carbocycles. The maximum absolute atomic E-state index is 14.5. The van der Waals surface area contributed by atoms with Gasteiger partial charge >= 0.3 is 5.97 Å². The molecule has 4 nitrogen and oxygen atoms in total. The van der Waals surface area contributed by atoms with Crippen LogP contribution in [0.15, 0.2) is 12.1 Å². The van der Waals surface area contributed by atoms with Crippen molar-refractivity contribution in [3.63, 3.8) is 0 Å². The Labute approximate surface area is 161 Å². The summed E-state index contributed by atoms with van der Waals surface area (Å²) in [5.74, 6) is 0.138. The van der Waals surface area contributed by atoms with E-state index in [-0.39, 0.29) is 29.9 Å². The van der Waals surface area contributed by atoms with Crippen LogP contribution >= 0.6 is 0 Å². The minimum atomic E-state index is -0.255. The van der Waals surface area contributed by atoms with Crippen molar-refractivity contribution < 1.29 is 23.4 Å². The van der Waals surface area contributed by atoms with Gasteiger partial charge in [-0.05, 0) is 82.4 Å². The van der Waals surface area contributed by atoms with Gasteiger partial charge in [0.1, 0.15) is 6.10 Å². The maximum Gasteiger partial charge on any atom is 0.311 e. The average Bonchev–Trinajstić information content (AvgIpc) is 2.67. The zero-order valence-corrected chi connectivity index (χ0v) is 16.6. The lowest BCUT2D eigenvalue weighted by Gasteiger charge is -2.31. The first-order valence-electron chi connectivity index (χ1n) is 10.2. The van der Waals surface area contributed by atoms with Gasteiger partial charge in [0.2, 0.25) is 0 Å². The fourth-order valence-electron chi connectivity index (χ4n) is 4.21. The number of carbonyl (C=O) groups is 1. The summed E-state index contributed by atoms with van der Waals surface area (Å²) in [7, 11) is 0. The number of hydrogen-bond donors (Lipinski definition) is 0. The van der Waals surface area contributed by atoms with Gasteiger partial charge in [-0.15, -0.1) is 0 Å². The quantitative estimate of drug-likeness (QED) is 0.683. The molecule has 0 spiro atoms. The van der Waals surface area contributed by atoms with E-state index in [4.69, 9.17) is 14.2 Å². The Morgan fingerprint density at radius 3 is 2.56 bits per heavy atom. The van der Waals surface area contributed by atoms with Gasteiger partial charge in [0.05, 0.1) is 25.2 Å². The van der Waals surface area contributed by atoms with Crippen molar-refractivity contribution in [2.45, 2.75) is 77.4 Å². The van der Waals surface area contributed by atoms with Crippen LogP contribution in [0.2, 0.25) is 0 Å². The van der Waals surface area contributed by atoms with Crippen LogP contribution in [0.25, 0.3) is 0 Å². The number of esters is 1. The molecule has 1 saturated heterocycles. The van der Waals surface area contributed by atoms with Crippen molar-refractivity contribution in [2.75, 3.05) is 13.2 Å². The summed E-state index contributed by atoms with van der Waals surface area (Å²) in [4.78, 5) is 12.4. The number of ether oxygens (including phenoxy) is 3. The van der Waals surface area contributed by atoms with Crippen LogP contribution < -0.4 is 4.74 Å². The van der Waals surface area contributed by atoms with Crippen molar-refractivity contribution in [2.24, 2.45) is 5.92 Å². The normalized spacial score (nSPS) is 28.6. The third-order valence-corrected chi connectivity index (χ3v) is 5.93. The predicted molar refractivity (Wildman–Crippen MR) is 102 cm³/mol. The van der Waals surface area contributed by atoms with Crippen molar-refractivity contribution in [1.82, 2.24) is 0 Å². The SMILES string of the molecule is CCOc1ccc(C2CCC(OC(=O)C3CCC(C)OC3)CC2)c(C)c1F. The standard InChI is InChI=1S/C22H31FO4/c1-4-25-20-12-11-19(15(3)21(20)23)16-7-9-18(10-8-16)27-22(24)17-6-5-14(2)26-13-17/h11-12,14,16-18H,4-10,13H2,1-3H3. The van der Waals surface area contributed by atoms with Gasteiger partial charge in [-0.1, -0.05) is 6.07 Å². The van der Waals surface area contributed by atoms with E-state index in [1.165, 1.54) is 0 Å². The number of halogens is 1. The highest BCUT2D eigenvalue weighted by Crippen LogP contribution is 2.38. The molecule has 2 fully saturated rings. The van der Waals surface area contributed by atoms with Crippen molar-refractivity contribution in [3.8, 4) is 5.75 Å². The molecule has 0 bridgehead atoms. The van der Waals surface area contributed by atoms with Crippen LogP contribution in [0, 0.1) is 18.7 Å². The van der Waals surface area contributed by atoms with E-state index in [0.29, 0.717) is 30.4 Å². The molecule has 0 N–H and O–H groups in total. The van der Waals surface area contributed by atoms with E-state index < -0.39 is 0 Å². The molecule has 1 aromatic rings. The van der Waals surface area contributed by atoms with Crippen LogP contribution in [-0.2, 0) is 14.3 Å². The smallest absolute Gasteiger partial charge is 0.311 e. The molecule has 1 aliphatic heterocycles. The molecule has 2 unspecified atom stereocenters. The third kappa shape index (κ3) is 4.81. The summed E-state index contributed by atoms with van der Waals surface area (Å²) in [6, 6.07) is 3.72. The summed E-state index contributed by atoms with van der Waals surface area (Å²) >= 11 is 0. The Bertz CT molecular complexity index is 644. The molecule has 0 aromatic heterocycles. The van der Waals surface area contributed by atoms with E-state index in [0.717, 1.165) is 44.1 Å². The summed E-state index contributed by atoms with van der Waals surface area (Å²) in [6.45, 7) is 6.64. The highest BCUT2D eigenvalue weighted by Gasteiger charge is 2.31. The molecule has 0 radical (unpaired) electrons. The number of hydrogen-bond acceptors (Lipinski definition) is 4. The fourth-order valence-corrected chi connectivity index (χ4v) is 4.21. The van der Waals surface area contributed by atoms with Crippen LogP contribution in [0.5, 0.6) is 5.75 Å². The average molecular weight is 378 g/mol. The van der Waals surface area contributed by atoms with Crippen LogP contribution in [0.1, 0.15) is 69.4 Å². The molecule has 150 valence electrons. The lowest BCUT2D eigenvalue weighted by atomic mass is 9.81. The van der Waals surface area contributed by atoms with Crippen molar-refractivity contribution in [1.29, 1.82) is 0 Å². The minimum absolute atomic E-state index is 0.0269. The fraction of sp³-hybridized carbons (Fsp3) is 0.682. The highest BCUT2D eigenvalue weighted by molar-refractivity contribution is 5.72. The summed E-state index contributed by atoms with van der Waals surface area (Å²) < 4.78 is 31.1. The lowest BCUT2D eigenvalue weighted by Crippen LogP contribution is -2.33. The second-order valence-corrected chi connectivity index (χ2v) is 7.85. The minimum Gasteiger partial charge on any atom is -0.491 e. The summed E-state index contributed by atoms with van der Waals surface area (Å²) in [6.07, 6.45) is 5.44. The van der Waals surface area contributed by atoms with Crippen LogP contribution in [0.4, 0.5) is 4.39 Å². The topological polar surface area (TPSA) is 44.8 Å². The summed E-state index contributed by atoms with van der Waals surface area (Å²) in [5.41, 5.74) is 1.73. The van der Waals surface area contributed by atoms with E-state index in [1.807, 2.05) is 26.8 Å². The van der Waals surface area contributed by atoms with Gasteiger partial charge in [-0.25, -0.2) is 4.39 Å². The molecular formula is C22H31FO4. The number of rotatable bonds is 5. The molecule has 3 rings (SSSR count). The van der Waals surface area contributed by atoms with Gasteiger partial charge in [-0.2, -0.15) is 0 Å². The third-order valence-electron chi connectivity index (χ3n) is 5.93. The van der Waals surface area contributed by atoms with Gasteiger partial charge in [-0.3, -0.25) is 4.79 Å². The molecule has 1 heterocycles. The van der Waals surface area contributed by atoms with E-state index in [9.17, 15) is 9.18 Å². The van der Waals surface area contributed by atoms with Gasteiger partial charge in [0.15, 0.2) is 11.6 Å². The Hall–Kier alpha value is -1.62. The number of carbonyl (C=O) groups excluding carboxylic acids is 1. The number of benzene rings is 1. The molecular weight excluding hydrogens is 347 g/mol. The molecule has 5 heteroatoms. The summed E-state index contributed by atoms with van der Waals surface area (Å²) in [5, 5.41) is 0. The Balaban J connectivity index is 1.53. The van der Waals surface area contributed by atoms with Crippen LogP contribution in [0.3, 0.4) is 0 Å². The monoisotopic (exact) mass is 378 g/mol. The van der Waals surface area contributed by atoms with Crippen LogP contribution in [-0.4, -0.2) is 31.4 Å². The molecule has 2 atom stereocenters. The second-order valence-electron chi connectivity index (χ2n) is 7.85. The molecule has 2 aliphatic rings. The van der Waals surface area contributed by atoms with Gasteiger partial charge in [0.25, 0.3) is 0 Å². The molecule has 1 aliphatic carbocycles. The largest absolute Gasteiger partial charge is 0.491 e. The molecule has 1 aromatic carbocycles.